The highest BCUT2D eigenvalue weighted by Gasteiger charge is 2.07. The van der Waals surface area contributed by atoms with Crippen molar-refractivity contribution < 1.29 is 4.79 Å². The minimum atomic E-state index is -0.186. The van der Waals surface area contributed by atoms with E-state index in [1.54, 1.807) is 6.92 Å². The third-order valence-corrected chi connectivity index (χ3v) is 1.60. The molecule has 2 nitrogen and oxygen atoms in total. The van der Waals surface area contributed by atoms with E-state index in [1.807, 2.05) is 6.92 Å². The van der Waals surface area contributed by atoms with Crippen molar-refractivity contribution in [3.05, 3.63) is 0 Å². The Bertz CT molecular complexity index is 185. The van der Waals surface area contributed by atoms with E-state index < -0.39 is 0 Å². The molecule has 62 valence electrons. The average Bonchev–Trinajstić information content (AvgIpc) is 1.87. The van der Waals surface area contributed by atoms with Crippen LogP contribution in [-0.2, 0) is 4.79 Å². The van der Waals surface area contributed by atoms with Crippen molar-refractivity contribution in [2.45, 2.75) is 33.7 Å². The summed E-state index contributed by atoms with van der Waals surface area (Å²) in [5, 5.41) is 2.77. The molecular weight excluding hydrogens is 138 g/mol. The summed E-state index contributed by atoms with van der Waals surface area (Å²) in [5.41, 5.74) is 0. The number of nitrogens with one attached hydrogen (secondary N) is 1. The van der Waals surface area contributed by atoms with Crippen molar-refractivity contribution in [3.8, 4) is 11.8 Å². The van der Waals surface area contributed by atoms with E-state index in [0.29, 0.717) is 5.92 Å². The highest BCUT2D eigenvalue weighted by molar-refractivity contribution is 5.93. The van der Waals surface area contributed by atoms with Gasteiger partial charge in [0.1, 0.15) is 0 Å². The molecular formula is C9H15NO. The molecule has 0 aromatic heterocycles. The van der Waals surface area contributed by atoms with Gasteiger partial charge in [-0.2, -0.15) is 0 Å². The molecule has 0 rings (SSSR count). The van der Waals surface area contributed by atoms with Gasteiger partial charge in [0.25, 0.3) is 5.91 Å². The topological polar surface area (TPSA) is 29.1 Å². The van der Waals surface area contributed by atoms with Crippen molar-refractivity contribution in [1.82, 2.24) is 5.32 Å². The predicted octanol–water partition coefficient (Wildman–Crippen LogP) is 1.17. The molecule has 0 aliphatic heterocycles. The van der Waals surface area contributed by atoms with Gasteiger partial charge in [0.2, 0.25) is 0 Å². The van der Waals surface area contributed by atoms with Crippen molar-refractivity contribution in [3.63, 3.8) is 0 Å². The molecule has 2 heteroatoms. The van der Waals surface area contributed by atoms with Crippen LogP contribution in [0.25, 0.3) is 0 Å². The molecule has 1 amide bonds. The average molecular weight is 153 g/mol. The summed E-state index contributed by atoms with van der Waals surface area (Å²) >= 11 is 0. The maximum absolute atomic E-state index is 10.9. The predicted molar refractivity (Wildman–Crippen MR) is 45.9 cm³/mol. The second-order valence-electron chi connectivity index (χ2n) is 2.88. The summed E-state index contributed by atoms with van der Waals surface area (Å²) in [7, 11) is 0. The lowest BCUT2D eigenvalue weighted by Gasteiger charge is -2.14. The van der Waals surface area contributed by atoms with E-state index in [4.69, 9.17) is 0 Å². The second-order valence-corrected chi connectivity index (χ2v) is 2.88. The molecule has 0 heterocycles. The summed E-state index contributed by atoms with van der Waals surface area (Å²) in [6.45, 7) is 7.74. The van der Waals surface area contributed by atoms with Crippen LogP contribution in [0, 0.1) is 17.8 Å². The molecule has 0 aromatic carbocycles. The maximum Gasteiger partial charge on any atom is 0.296 e. The summed E-state index contributed by atoms with van der Waals surface area (Å²) in [6.07, 6.45) is 0. The minimum Gasteiger partial charge on any atom is -0.343 e. The molecule has 0 aliphatic rings. The Morgan fingerprint density at radius 2 is 1.91 bits per heavy atom. The number of carbonyl (C=O) groups excluding carboxylic acids is 1. The molecule has 0 aromatic rings. The van der Waals surface area contributed by atoms with Crippen molar-refractivity contribution >= 4 is 5.91 Å². The van der Waals surface area contributed by atoms with Crippen molar-refractivity contribution in [1.29, 1.82) is 0 Å². The van der Waals surface area contributed by atoms with Gasteiger partial charge in [0.15, 0.2) is 0 Å². The first kappa shape index (κ1) is 10.0. The zero-order valence-electron chi connectivity index (χ0n) is 7.56. The fraction of sp³-hybridized carbons (Fsp3) is 0.667. The highest BCUT2D eigenvalue weighted by atomic mass is 16.1. The Kier molecular flexibility index (Phi) is 4.36. The first-order valence-electron chi connectivity index (χ1n) is 3.81. The number of hydrogen-bond acceptors (Lipinski definition) is 1. The van der Waals surface area contributed by atoms with E-state index in [-0.39, 0.29) is 11.9 Å². The van der Waals surface area contributed by atoms with Gasteiger partial charge >= 0.3 is 0 Å². The molecule has 1 N–H and O–H groups in total. The molecule has 1 atom stereocenters. The normalized spacial score (nSPS) is 11.7. The summed E-state index contributed by atoms with van der Waals surface area (Å²) < 4.78 is 0. The lowest BCUT2D eigenvalue weighted by atomic mass is 10.1. The van der Waals surface area contributed by atoms with Crippen LogP contribution < -0.4 is 5.32 Å². The summed E-state index contributed by atoms with van der Waals surface area (Å²) in [6, 6.07) is 0.198. The zero-order chi connectivity index (χ0) is 8.85. The van der Waals surface area contributed by atoms with Gasteiger partial charge in [0.05, 0.1) is 0 Å². The zero-order valence-corrected chi connectivity index (χ0v) is 7.56. The van der Waals surface area contributed by atoms with E-state index in [1.165, 1.54) is 0 Å². The third kappa shape index (κ3) is 4.44. The first-order valence-corrected chi connectivity index (χ1v) is 3.81. The van der Waals surface area contributed by atoms with Gasteiger partial charge in [-0.3, -0.25) is 4.79 Å². The Hall–Kier alpha value is -0.970. The van der Waals surface area contributed by atoms with Crippen LogP contribution in [0.2, 0.25) is 0 Å². The lowest BCUT2D eigenvalue weighted by molar-refractivity contribution is -0.116. The van der Waals surface area contributed by atoms with Gasteiger partial charge in [-0.05, 0) is 25.7 Å². The van der Waals surface area contributed by atoms with E-state index in [9.17, 15) is 4.79 Å². The molecule has 0 radical (unpaired) electrons. The Morgan fingerprint density at radius 1 is 1.36 bits per heavy atom. The maximum atomic E-state index is 10.9. The highest BCUT2D eigenvalue weighted by Crippen LogP contribution is 1.98. The van der Waals surface area contributed by atoms with E-state index >= 15 is 0 Å². The van der Waals surface area contributed by atoms with Crippen LogP contribution in [0.5, 0.6) is 0 Å². The van der Waals surface area contributed by atoms with Gasteiger partial charge in [0, 0.05) is 6.04 Å². The molecule has 0 saturated heterocycles. The van der Waals surface area contributed by atoms with Crippen LogP contribution in [-0.4, -0.2) is 11.9 Å². The molecule has 0 aliphatic carbocycles. The standard InChI is InChI=1S/C9H15NO/c1-5-6-9(11)10-8(4)7(2)3/h7-8H,1-4H3,(H,10,11). The minimum absolute atomic E-state index is 0.186. The smallest absolute Gasteiger partial charge is 0.296 e. The number of rotatable bonds is 2. The fourth-order valence-electron chi connectivity index (χ4n) is 0.523. The molecule has 0 fully saturated rings. The number of carbonyl (C=O) groups is 1. The summed E-state index contributed by atoms with van der Waals surface area (Å²) in [5.74, 6) is 5.25. The van der Waals surface area contributed by atoms with Crippen LogP contribution in [0.3, 0.4) is 0 Å². The molecule has 0 saturated carbocycles. The molecule has 0 bridgehead atoms. The lowest BCUT2D eigenvalue weighted by Crippen LogP contribution is -2.35. The van der Waals surface area contributed by atoms with Crippen LogP contribution in [0.4, 0.5) is 0 Å². The quantitative estimate of drug-likeness (QED) is 0.593. The SMILES string of the molecule is CC#CC(=O)NC(C)C(C)C. The second kappa shape index (κ2) is 4.79. The van der Waals surface area contributed by atoms with Gasteiger partial charge < -0.3 is 5.32 Å². The Labute approximate surface area is 68.4 Å². The van der Waals surface area contributed by atoms with Gasteiger partial charge in [-0.25, -0.2) is 0 Å². The Balaban J connectivity index is 3.82. The van der Waals surface area contributed by atoms with Gasteiger partial charge in [-0.1, -0.05) is 19.8 Å². The van der Waals surface area contributed by atoms with Crippen LogP contribution in [0.1, 0.15) is 27.7 Å². The first-order chi connectivity index (χ1) is 5.07. The fourth-order valence-corrected chi connectivity index (χ4v) is 0.523. The summed E-state index contributed by atoms with van der Waals surface area (Å²) in [4.78, 5) is 10.9. The largest absolute Gasteiger partial charge is 0.343 e. The third-order valence-electron chi connectivity index (χ3n) is 1.60. The van der Waals surface area contributed by atoms with Crippen LogP contribution in [0.15, 0.2) is 0 Å². The monoisotopic (exact) mass is 153 g/mol. The van der Waals surface area contributed by atoms with Gasteiger partial charge in [-0.15, -0.1) is 0 Å². The van der Waals surface area contributed by atoms with E-state index in [0.717, 1.165) is 0 Å². The molecule has 11 heavy (non-hydrogen) atoms. The van der Waals surface area contributed by atoms with Crippen molar-refractivity contribution in [2.24, 2.45) is 5.92 Å². The van der Waals surface area contributed by atoms with E-state index in [2.05, 4.69) is 31.0 Å². The van der Waals surface area contributed by atoms with Crippen LogP contribution >= 0.6 is 0 Å². The number of amides is 1. The Morgan fingerprint density at radius 3 is 2.27 bits per heavy atom. The molecule has 0 spiro atoms. The number of hydrogen-bond donors (Lipinski definition) is 1. The van der Waals surface area contributed by atoms with Crippen molar-refractivity contribution in [2.75, 3.05) is 0 Å². The molecule has 1 unspecified atom stereocenters.